The summed E-state index contributed by atoms with van der Waals surface area (Å²) in [6.45, 7) is 6.06. The van der Waals surface area contributed by atoms with Gasteiger partial charge in [0.05, 0.1) is 23.0 Å². The third-order valence-electron chi connectivity index (χ3n) is 4.36. The molecule has 0 unspecified atom stereocenters. The van der Waals surface area contributed by atoms with Gasteiger partial charge in [0.15, 0.2) is 0 Å². The number of benzene rings is 1. The van der Waals surface area contributed by atoms with Crippen LogP contribution in [0, 0.1) is 18.8 Å². The number of hydrogen-bond donors (Lipinski definition) is 3. The zero-order chi connectivity index (χ0) is 21.7. The van der Waals surface area contributed by atoms with Crippen molar-refractivity contribution in [3.05, 3.63) is 65.2 Å². The van der Waals surface area contributed by atoms with Gasteiger partial charge >= 0.3 is 0 Å². The Labute approximate surface area is 175 Å². The highest BCUT2D eigenvalue weighted by Crippen LogP contribution is 2.14. The molecular formula is C22H24N6O2. The monoisotopic (exact) mass is 404 g/mol. The molecule has 4 N–H and O–H groups in total. The van der Waals surface area contributed by atoms with Crippen LogP contribution in [0.4, 0.5) is 11.6 Å². The van der Waals surface area contributed by atoms with Crippen LogP contribution in [0.15, 0.2) is 43.0 Å². The smallest absolute Gasteiger partial charge is 0.248 e. The first kappa shape index (κ1) is 21.0. The maximum atomic E-state index is 11.3. The molecule has 0 radical (unpaired) electrons. The first-order valence-electron chi connectivity index (χ1n) is 9.46. The Bertz CT molecular complexity index is 1100. The van der Waals surface area contributed by atoms with Crippen molar-refractivity contribution in [2.45, 2.75) is 39.3 Å². The lowest BCUT2D eigenvalue weighted by Gasteiger charge is -2.16. The summed E-state index contributed by atoms with van der Waals surface area (Å²) in [5.74, 6) is 5.97. The lowest BCUT2D eigenvalue weighted by atomic mass is 10.0. The fourth-order valence-electron chi connectivity index (χ4n) is 2.57. The van der Waals surface area contributed by atoms with E-state index in [9.17, 15) is 9.90 Å². The molecule has 8 heteroatoms. The SMILES string of the molecule is Cc1ccc(C(N)=O)cc1C#Cc1cnc(Nc2cnn(CCC(C)(C)O)c2)nc1. The first-order valence-corrected chi connectivity index (χ1v) is 9.46. The first-order chi connectivity index (χ1) is 14.2. The molecule has 0 aliphatic carbocycles. The fraction of sp³-hybridized carbons (Fsp3) is 0.273. The van der Waals surface area contributed by atoms with E-state index in [1.54, 1.807) is 49.3 Å². The highest BCUT2D eigenvalue weighted by atomic mass is 16.3. The van der Waals surface area contributed by atoms with Gasteiger partial charge in [0.25, 0.3) is 0 Å². The molecule has 1 aromatic carbocycles. The summed E-state index contributed by atoms with van der Waals surface area (Å²) < 4.78 is 1.75. The molecular weight excluding hydrogens is 380 g/mol. The number of nitrogens with two attached hydrogens (primary N) is 1. The zero-order valence-corrected chi connectivity index (χ0v) is 17.2. The minimum absolute atomic E-state index is 0.420. The van der Waals surface area contributed by atoms with Crippen LogP contribution in [0.5, 0.6) is 0 Å². The van der Waals surface area contributed by atoms with E-state index < -0.39 is 11.5 Å². The van der Waals surface area contributed by atoms with E-state index in [0.29, 0.717) is 30.0 Å². The van der Waals surface area contributed by atoms with E-state index in [2.05, 4.69) is 32.2 Å². The molecule has 0 saturated heterocycles. The number of nitrogens with one attached hydrogen (secondary N) is 1. The summed E-state index contributed by atoms with van der Waals surface area (Å²) in [7, 11) is 0. The molecule has 0 aliphatic rings. The third-order valence-corrected chi connectivity index (χ3v) is 4.36. The fourth-order valence-corrected chi connectivity index (χ4v) is 2.57. The molecule has 1 amide bonds. The average molecular weight is 404 g/mol. The van der Waals surface area contributed by atoms with E-state index in [1.165, 1.54) is 0 Å². The predicted molar refractivity (Wildman–Crippen MR) is 114 cm³/mol. The number of aromatic nitrogens is 4. The van der Waals surface area contributed by atoms with Gasteiger partial charge < -0.3 is 16.2 Å². The van der Waals surface area contributed by atoms with Crippen LogP contribution >= 0.6 is 0 Å². The molecule has 0 atom stereocenters. The second kappa shape index (κ2) is 8.76. The van der Waals surface area contributed by atoms with Crippen molar-refractivity contribution >= 4 is 17.5 Å². The van der Waals surface area contributed by atoms with Gasteiger partial charge in [-0.2, -0.15) is 5.10 Å². The normalized spacial score (nSPS) is 10.9. The van der Waals surface area contributed by atoms with Gasteiger partial charge in [-0.15, -0.1) is 0 Å². The maximum absolute atomic E-state index is 11.3. The second-order valence-electron chi connectivity index (χ2n) is 7.62. The van der Waals surface area contributed by atoms with Gasteiger partial charge in [0.1, 0.15) is 0 Å². The van der Waals surface area contributed by atoms with Crippen molar-refractivity contribution < 1.29 is 9.90 Å². The number of hydrogen-bond acceptors (Lipinski definition) is 6. The number of primary amides is 1. The molecule has 2 aromatic heterocycles. The number of nitrogens with zero attached hydrogens (tertiary/aromatic N) is 4. The number of rotatable bonds is 6. The number of anilines is 2. The topological polar surface area (TPSA) is 119 Å². The summed E-state index contributed by atoms with van der Waals surface area (Å²) >= 11 is 0. The van der Waals surface area contributed by atoms with Crippen LogP contribution < -0.4 is 11.1 Å². The molecule has 3 aromatic rings. The number of aryl methyl sites for hydroxylation is 2. The standard InChI is InChI=1S/C22H24N6O2/c1-15-4-6-18(20(23)29)10-17(15)7-5-16-11-24-21(25-12-16)27-19-13-26-28(14-19)9-8-22(2,3)30/h4,6,10-14,30H,8-9H2,1-3H3,(H2,23,29)(H,24,25,27). The molecule has 0 fully saturated rings. The van der Waals surface area contributed by atoms with Crippen LogP contribution in [0.3, 0.4) is 0 Å². The van der Waals surface area contributed by atoms with Crippen LogP contribution in [-0.2, 0) is 6.54 Å². The summed E-state index contributed by atoms with van der Waals surface area (Å²) in [6.07, 6.45) is 7.34. The van der Waals surface area contributed by atoms with Crippen molar-refractivity contribution in [3.63, 3.8) is 0 Å². The lowest BCUT2D eigenvalue weighted by molar-refractivity contribution is 0.0651. The van der Waals surface area contributed by atoms with Gasteiger partial charge in [-0.25, -0.2) is 9.97 Å². The van der Waals surface area contributed by atoms with Crippen LogP contribution in [0.1, 0.15) is 47.3 Å². The molecule has 0 spiro atoms. The van der Waals surface area contributed by atoms with Crippen molar-refractivity contribution in [2.75, 3.05) is 5.32 Å². The number of aliphatic hydroxyl groups is 1. The quantitative estimate of drug-likeness (QED) is 0.543. The zero-order valence-electron chi connectivity index (χ0n) is 17.2. The molecule has 3 rings (SSSR count). The molecule has 0 bridgehead atoms. The number of amides is 1. The Balaban J connectivity index is 1.66. The van der Waals surface area contributed by atoms with Gasteiger partial charge in [0, 0.05) is 36.3 Å². The Hall–Kier alpha value is -3.70. The van der Waals surface area contributed by atoms with Crippen molar-refractivity contribution in [1.29, 1.82) is 0 Å². The van der Waals surface area contributed by atoms with Crippen LogP contribution in [-0.4, -0.2) is 36.4 Å². The van der Waals surface area contributed by atoms with Gasteiger partial charge in [-0.3, -0.25) is 9.48 Å². The summed E-state index contributed by atoms with van der Waals surface area (Å²) in [4.78, 5) is 19.9. The van der Waals surface area contributed by atoms with E-state index in [4.69, 9.17) is 5.73 Å². The Kier molecular flexibility index (Phi) is 6.14. The van der Waals surface area contributed by atoms with Gasteiger partial charge in [-0.1, -0.05) is 17.9 Å². The maximum Gasteiger partial charge on any atom is 0.248 e. The van der Waals surface area contributed by atoms with E-state index in [1.807, 2.05) is 19.2 Å². The summed E-state index contributed by atoms with van der Waals surface area (Å²) in [5, 5.41) is 17.1. The molecule has 0 aliphatic heterocycles. The summed E-state index contributed by atoms with van der Waals surface area (Å²) in [6, 6.07) is 5.17. The molecule has 30 heavy (non-hydrogen) atoms. The van der Waals surface area contributed by atoms with Crippen molar-refractivity contribution in [2.24, 2.45) is 5.73 Å². The van der Waals surface area contributed by atoms with Gasteiger partial charge in [-0.05, 0) is 44.9 Å². The minimum Gasteiger partial charge on any atom is -0.390 e. The largest absolute Gasteiger partial charge is 0.390 e. The molecule has 2 heterocycles. The number of carbonyl (C=O) groups excluding carboxylic acids is 1. The van der Waals surface area contributed by atoms with Crippen LogP contribution in [0.2, 0.25) is 0 Å². The van der Waals surface area contributed by atoms with E-state index >= 15 is 0 Å². The Morgan fingerprint density at radius 2 is 1.97 bits per heavy atom. The predicted octanol–water partition coefficient (Wildman–Crippen LogP) is 2.38. The lowest BCUT2D eigenvalue weighted by Crippen LogP contribution is -2.21. The summed E-state index contributed by atoms with van der Waals surface area (Å²) in [5.41, 5.74) is 8.09. The second-order valence-corrected chi connectivity index (χ2v) is 7.62. The Morgan fingerprint density at radius 1 is 1.23 bits per heavy atom. The highest BCUT2D eigenvalue weighted by molar-refractivity contribution is 5.93. The van der Waals surface area contributed by atoms with E-state index in [0.717, 1.165) is 16.8 Å². The Morgan fingerprint density at radius 3 is 2.63 bits per heavy atom. The van der Waals surface area contributed by atoms with Crippen molar-refractivity contribution in [1.82, 2.24) is 19.7 Å². The van der Waals surface area contributed by atoms with E-state index in [-0.39, 0.29) is 0 Å². The van der Waals surface area contributed by atoms with Crippen LogP contribution in [0.25, 0.3) is 0 Å². The molecule has 8 nitrogen and oxygen atoms in total. The van der Waals surface area contributed by atoms with Gasteiger partial charge in [0.2, 0.25) is 11.9 Å². The number of carbonyl (C=O) groups is 1. The highest BCUT2D eigenvalue weighted by Gasteiger charge is 2.12. The third kappa shape index (κ3) is 5.90. The molecule has 154 valence electrons. The minimum atomic E-state index is -0.737. The average Bonchev–Trinajstić information content (AvgIpc) is 3.13. The van der Waals surface area contributed by atoms with Crippen molar-refractivity contribution in [3.8, 4) is 11.8 Å². The molecule has 0 saturated carbocycles.